The Morgan fingerprint density at radius 2 is 2.13 bits per heavy atom. The van der Waals surface area contributed by atoms with Crippen molar-refractivity contribution < 1.29 is 9.53 Å². The van der Waals surface area contributed by atoms with Crippen molar-refractivity contribution in [1.82, 2.24) is 24.6 Å². The van der Waals surface area contributed by atoms with Gasteiger partial charge in [0.25, 0.3) is 0 Å². The Bertz CT molecular complexity index is 1080. The summed E-state index contributed by atoms with van der Waals surface area (Å²) in [4.78, 5) is 17.3. The second-order valence-electron chi connectivity index (χ2n) is 7.81. The van der Waals surface area contributed by atoms with Crippen molar-refractivity contribution in [2.24, 2.45) is 13.0 Å². The highest BCUT2D eigenvalue weighted by molar-refractivity contribution is 6.31. The van der Waals surface area contributed by atoms with Crippen LogP contribution in [0.2, 0.25) is 5.15 Å². The van der Waals surface area contributed by atoms with Crippen LogP contribution in [-0.2, 0) is 18.4 Å². The van der Waals surface area contributed by atoms with Crippen LogP contribution in [0.4, 0.5) is 0 Å². The van der Waals surface area contributed by atoms with Gasteiger partial charge in [-0.05, 0) is 36.6 Å². The maximum atomic E-state index is 12.8. The van der Waals surface area contributed by atoms with Gasteiger partial charge in [0.1, 0.15) is 22.8 Å². The highest BCUT2D eigenvalue weighted by Crippen LogP contribution is 2.25. The summed E-state index contributed by atoms with van der Waals surface area (Å²) in [6, 6.07) is 7.13. The molecule has 2 aromatic heterocycles. The number of nitrogens with one attached hydrogen (secondary N) is 1. The average molecular weight is 442 g/mol. The van der Waals surface area contributed by atoms with Crippen LogP contribution in [0.25, 0.3) is 6.08 Å². The Morgan fingerprint density at radius 1 is 1.35 bits per heavy atom. The summed E-state index contributed by atoms with van der Waals surface area (Å²) < 4.78 is 8.99. The molecule has 1 amide bonds. The van der Waals surface area contributed by atoms with E-state index in [1.54, 1.807) is 24.1 Å². The van der Waals surface area contributed by atoms with E-state index in [4.69, 9.17) is 16.3 Å². The lowest BCUT2D eigenvalue weighted by molar-refractivity contribution is -0.117. The first-order valence-corrected chi connectivity index (χ1v) is 10.5. The van der Waals surface area contributed by atoms with Crippen LogP contribution in [-0.4, -0.2) is 32.3 Å². The van der Waals surface area contributed by atoms with Crippen LogP contribution in [0.3, 0.4) is 0 Å². The monoisotopic (exact) mass is 441 g/mol. The molecule has 0 bridgehead atoms. The number of carbonyl (C=O) groups excluding carboxylic acids is 1. The minimum atomic E-state index is -0.438. The number of methoxy groups -OCH3 is 1. The van der Waals surface area contributed by atoms with Crippen LogP contribution >= 0.6 is 11.6 Å². The van der Waals surface area contributed by atoms with E-state index in [-0.39, 0.29) is 5.91 Å². The van der Waals surface area contributed by atoms with Gasteiger partial charge < -0.3 is 14.6 Å². The third-order valence-corrected chi connectivity index (χ3v) is 5.28. The number of rotatable bonds is 8. The van der Waals surface area contributed by atoms with E-state index in [0.717, 1.165) is 23.4 Å². The molecule has 1 atom stereocenters. The van der Waals surface area contributed by atoms with Crippen molar-refractivity contribution in [3.05, 3.63) is 70.5 Å². The molecule has 31 heavy (non-hydrogen) atoms. The summed E-state index contributed by atoms with van der Waals surface area (Å²) in [7, 11) is 3.51. The second kappa shape index (κ2) is 9.83. The zero-order chi connectivity index (χ0) is 22.5. The fourth-order valence-electron chi connectivity index (χ4n) is 3.35. The lowest BCUT2D eigenvalue weighted by Crippen LogP contribution is -2.29. The first kappa shape index (κ1) is 22.6. The molecule has 0 saturated carbocycles. The number of imidazole rings is 1. The molecular formula is C23H28ClN5O2. The first-order valence-electron chi connectivity index (χ1n) is 10.1. The van der Waals surface area contributed by atoms with E-state index in [1.807, 2.05) is 49.0 Å². The van der Waals surface area contributed by atoms with Crippen molar-refractivity contribution in [2.45, 2.75) is 33.4 Å². The van der Waals surface area contributed by atoms with Gasteiger partial charge in [-0.25, -0.2) is 4.98 Å². The fraction of sp³-hybridized carbons (Fsp3) is 0.348. The number of aromatic nitrogens is 4. The van der Waals surface area contributed by atoms with E-state index in [9.17, 15) is 4.79 Å². The van der Waals surface area contributed by atoms with Gasteiger partial charge in [0.05, 0.1) is 12.8 Å². The molecule has 0 spiro atoms. The molecule has 1 N–H and O–H groups in total. The minimum absolute atomic E-state index is 0.261. The van der Waals surface area contributed by atoms with Crippen molar-refractivity contribution in [2.75, 3.05) is 7.11 Å². The molecule has 3 aromatic rings. The quantitative estimate of drug-likeness (QED) is 0.532. The summed E-state index contributed by atoms with van der Waals surface area (Å²) >= 11 is 6.48. The molecule has 2 heterocycles. The topological polar surface area (TPSA) is 74.0 Å². The summed E-state index contributed by atoms with van der Waals surface area (Å²) in [5.74, 6) is 1.58. The molecule has 7 nitrogen and oxygen atoms in total. The fourth-order valence-corrected chi connectivity index (χ4v) is 3.65. The molecule has 164 valence electrons. The Hall–Kier alpha value is -3.06. The molecule has 1 aromatic carbocycles. The highest BCUT2D eigenvalue weighted by atomic mass is 35.5. The van der Waals surface area contributed by atoms with E-state index in [2.05, 4.69) is 29.2 Å². The number of halogens is 1. The van der Waals surface area contributed by atoms with E-state index in [0.29, 0.717) is 22.6 Å². The summed E-state index contributed by atoms with van der Waals surface area (Å²) in [5.41, 5.74) is 2.39. The lowest BCUT2D eigenvalue weighted by Gasteiger charge is -2.19. The molecule has 0 fully saturated rings. The maximum absolute atomic E-state index is 12.8. The van der Waals surface area contributed by atoms with Gasteiger partial charge in [-0.3, -0.25) is 9.48 Å². The summed E-state index contributed by atoms with van der Waals surface area (Å²) in [6.45, 7) is 6.81. The van der Waals surface area contributed by atoms with Crippen molar-refractivity contribution >= 4 is 23.6 Å². The molecule has 0 saturated heterocycles. The summed E-state index contributed by atoms with van der Waals surface area (Å²) in [5, 5.41) is 8.05. The molecule has 1 unspecified atom stereocenters. The number of nitrogens with zero attached hydrogens (tertiary/aromatic N) is 4. The minimum Gasteiger partial charge on any atom is -0.497 e. The van der Waals surface area contributed by atoms with Gasteiger partial charge in [-0.15, -0.1) is 0 Å². The van der Waals surface area contributed by atoms with Gasteiger partial charge in [-0.1, -0.05) is 37.6 Å². The number of amides is 1. The Morgan fingerprint density at radius 3 is 2.77 bits per heavy atom. The Labute approximate surface area is 187 Å². The van der Waals surface area contributed by atoms with Crippen molar-refractivity contribution in [1.29, 1.82) is 0 Å². The average Bonchev–Trinajstić information content (AvgIpc) is 3.27. The van der Waals surface area contributed by atoms with Gasteiger partial charge in [0, 0.05) is 37.6 Å². The normalized spacial score (nSPS) is 12.5. The largest absolute Gasteiger partial charge is 0.497 e. The van der Waals surface area contributed by atoms with Gasteiger partial charge in [0.2, 0.25) is 5.91 Å². The molecule has 0 aliphatic carbocycles. The van der Waals surface area contributed by atoms with E-state index in [1.165, 1.54) is 6.08 Å². The number of benzene rings is 1. The number of ether oxygens (including phenoxy) is 1. The summed E-state index contributed by atoms with van der Waals surface area (Å²) in [6.07, 6.45) is 6.73. The molecule has 0 aliphatic rings. The van der Waals surface area contributed by atoms with Crippen LogP contribution in [0.5, 0.6) is 5.75 Å². The Kier molecular flexibility index (Phi) is 7.17. The third kappa shape index (κ3) is 5.35. The number of hydrogen-bond acceptors (Lipinski definition) is 4. The lowest BCUT2D eigenvalue weighted by atomic mass is 10.1. The molecule has 0 aliphatic heterocycles. The van der Waals surface area contributed by atoms with Gasteiger partial charge in [0.15, 0.2) is 0 Å². The smallest absolute Gasteiger partial charge is 0.244 e. The van der Waals surface area contributed by atoms with Crippen LogP contribution in [0.15, 0.2) is 42.7 Å². The van der Waals surface area contributed by atoms with E-state index < -0.39 is 6.04 Å². The van der Waals surface area contributed by atoms with Crippen molar-refractivity contribution in [3.63, 3.8) is 0 Å². The van der Waals surface area contributed by atoms with E-state index >= 15 is 0 Å². The Balaban J connectivity index is 1.85. The van der Waals surface area contributed by atoms with Crippen LogP contribution < -0.4 is 10.1 Å². The first-order chi connectivity index (χ1) is 14.8. The highest BCUT2D eigenvalue weighted by Gasteiger charge is 2.21. The zero-order valence-electron chi connectivity index (χ0n) is 18.5. The van der Waals surface area contributed by atoms with Crippen molar-refractivity contribution in [3.8, 4) is 5.75 Å². The second-order valence-corrected chi connectivity index (χ2v) is 8.17. The number of aryl methyl sites for hydroxylation is 2. The van der Waals surface area contributed by atoms with Gasteiger partial charge in [-0.2, -0.15) is 5.10 Å². The standard InChI is InChI=1S/C23H28ClN5O2/c1-15(2)14-29-22(24)19(16(3)27-29)9-10-20(30)26-21(23-25-11-12-28(23)4)17-7-6-8-18(13-17)31-5/h6-13,15,21H,14H2,1-5H3,(H,26,30)/b10-9+. The third-order valence-electron chi connectivity index (χ3n) is 4.88. The molecule has 0 radical (unpaired) electrons. The number of carbonyl (C=O) groups is 1. The van der Waals surface area contributed by atoms with Crippen LogP contribution in [0, 0.1) is 12.8 Å². The maximum Gasteiger partial charge on any atom is 0.244 e. The SMILES string of the molecule is COc1cccc(C(NC(=O)/C=C/c2c(C)nn(CC(C)C)c2Cl)c2nccn2C)c1. The predicted molar refractivity (Wildman–Crippen MR) is 122 cm³/mol. The van der Waals surface area contributed by atoms with Gasteiger partial charge >= 0.3 is 0 Å². The predicted octanol–water partition coefficient (Wildman–Crippen LogP) is 4.16. The van der Waals surface area contributed by atoms with Crippen LogP contribution in [0.1, 0.15) is 42.5 Å². The zero-order valence-corrected chi connectivity index (χ0v) is 19.2. The molecule has 3 rings (SSSR count). The number of hydrogen-bond donors (Lipinski definition) is 1. The molecule has 8 heteroatoms. The molecular weight excluding hydrogens is 414 g/mol.